The van der Waals surface area contributed by atoms with Crippen LogP contribution in [0.4, 0.5) is 11.8 Å². The maximum absolute atomic E-state index is 10.4. The molecule has 0 aliphatic carbocycles. The zero-order valence-corrected chi connectivity index (χ0v) is 10.5. The average Bonchev–Trinajstić information content (AvgIpc) is 2.39. The van der Waals surface area contributed by atoms with E-state index in [0.29, 0.717) is 38.5 Å². The molecule has 1 aliphatic heterocycles. The smallest absolute Gasteiger partial charge is 0.239 e. The third kappa shape index (κ3) is 3.06. The van der Waals surface area contributed by atoms with Crippen molar-refractivity contribution >= 4 is 11.8 Å². The van der Waals surface area contributed by atoms with Crippen molar-refractivity contribution in [1.29, 1.82) is 0 Å². The number of likely N-dealkylation sites (N-methyl/N-ethyl adjacent to an activating group) is 1. The molecule has 0 spiro atoms. The van der Waals surface area contributed by atoms with Crippen LogP contribution in [0.15, 0.2) is 12.3 Å². The summed E-state index contributed by atoms with van der Waals surface area (Å²) < 4.78 is 5.26. The van der Waals surface area contributed by atoms with Crippen LogP contribution in [0.2, 0.25) is 0 Å². The Balaban J connectivity index is 2.03. The molecular formula is C11H19N5O2. The van der Waals surface area contributed by atoms with E-state index >= 15 is 0 Å². The number of nitrogens with one attached hydrogen (secondary N) is 1. The fourth-order valence-electron chi connectivity index (χ4n) is 2.06. The Labute approximate surface area is 106 Å². The Morgan fingerprint density at radius 3 is 2.94 bits per heavy atom. The van der Waals surface area contributed by atoms with Crippen LogP contribution < -0.4 is 16.2 Å². The van der Waals surface area contributed by atoms with Crippen LogP contribution >= 0.6 is 0 Å². The first-order valence-electron chi connectivity index (χ1n) is 5.94. The molecule has 1 fully saturated rings. The molecule has 1 aromatic rings. The predicted molar refractivity (Wildman–Crippen MR) is 68.1 cm³/mol. The van der Waals surface area contributed by atoms with Crippen molar-refractivity contribution in [3.8, 4) is 0 Å². The Morgan fingerprint density at radius 2 is 2.28 bits per heavy atom. The SMILES string of the molecule is CN(CC1(O)CCOCC1)c1ccnc(NN)n1. The van der Waals surface area contributed by atoms with E-state index in [9.17, 15) is 5.11 Å². The van der Waals surface area contributed by atoms with Crippen molar-refractivity contribution in [1.82, 2.24) is 9.97 Å². The predicted octanol–water partition coefficient (Wildman–Crippen LogP) is -0.260. The van der Waals surface area contributed by atoms with Crippen molar-refractivity contribution in [2.75, 3.05) is 37.1 Å². The van der Waals surface area contributed by atoms with E-state index in [1.807, 2.05) is 11.9 Å². The number of aliphatic hydroxyl groups is 1. The van der Waals surface area contributed by atoms with Crippen LogP contribution in [0.1, 0.15) is 12.8 Å². The van der Waals surface area contributed by atoms with Crippen LogP contribution in [-0.4, -0.2) is 47.5 Å². The summed E-state index contributed by atoms with van der Waals surface area (Å²) in [7, 11) is 1.88. The highest BCUT2D eigenvalue weighted by molar-refractivity contribution is 5.41. The third-order valence-corrected chi connectivity index (χ3v) is 3.12. The van der Waals surface area contributed by atoms with Gasteiger partial charge in [0.25, 0.3) is 0 Å². The summed E-state index contributed by atoms with van der Waals surface area (Å²) in [5, 5.41) is 10.4. The second kappa shape index (κ2) is 5.47. The van der Waals surface area contributed by atoms with Crippen molar-refractivity contribution < 1.29 is 9.84 Å². The number of hydrogen-bond donors (Lipinski definition) is 3. The monoisotopic (exact) mass is 253 g/mol. The minimum Gasteiger partial charge on any atom is -0.388 e. The van der Waals surface area contributed by atoms with Crippen molar-refractivity contribution in [2.24, 2.45) is 5.84 Å². The zero-order chi connectivity index (χ0) is 13.0. The Morgan fingerprint density at radius 1 is 1.56 bits per heavy atom. The number of ether oxygens (including phenoxy) is 1. The molecular weight excluding hydrogens is 234 g/mol. The first-order valence-corrected chi connectivity index (χ1v) is 5.94. The topological polar surface area (TPSA) is 96.5 Å². The van der Waals surface area contributed by atoms with Crippen molar-refractivity contribution in [3.63, 3.8) is 0 Å². The quantitative estimate of drug-likeness (QED) is 0.502. The van der Waals surface area contributed by atoms with Gasteiger partial charge in [-0.05, 0) is 6.07 Å². The summed E-state index contributed by atoms with van der Waals surface area (Å²) in [5.74, 6) is 6.35. The van der Waals surface area contributed by atoms with Gasteiger partial charge in [-0.1, -0.05) is 0 Å². The summed E-state index contributed by atoms with van der Waals surface area (Å²) in [5.41, 5.74) is 1.69. The number of anilines is 2. The highest BCUT2D eigenvalue weighted by Gasteiger charge is 2.31. The number of nitrogens with zero attached hydrogens (tertiary/aromatic N) is 3. The lowest BCUT2D eigenvalue weighted by molar-refractivity contribution is -0.0573. The van der Waals surface area contributed by atoms with E-state index in [1.165, 1.54) is 0 Å². The number of aromatic nitrogens is 2. The molecule has 1 saturated heterocycles. The van der Waals surface area contributed by atoms with Crippen molar-refractivity contribution in [2.45, 2.75) is 18.4 Å². The van der Waals surface area contributed by atoms with Gasteiger partial charge in [0.2, 0.25) is 5.95 Å². The molecule has 0 unspecified atom stereocenters. The lowest BCUT2D eigenvalue weighted by atomic mass is 9.94. The minimum atomic E-state index is -0.714. The van der Waals surface area contributed by atoms with Gasteiger partial charge in [-0.3, -0.25) is 5.43 Å². The molecule has 7 heteroatoms. The van der Waals surface area contributed by atoms with Crippen LogP contribution in [-0.2, 0) is 4.74 Å². The van der Waals surface area contributed by atoms with E-state index in [4.69, 9.17) is 10.6 Å². The van der Waals surface area contributed by atoms with Crippen LogP contribution in [0, 0.1) is 0 Å². The molecule has 2 rings (SSSR count). The average molecular weight is 253 g/mol. The van der Waals surface area contributed by atoms with Gasteiger partial charge in [0.1, 0.15) is 5.82 Å². The van der Waals surface area contributed by atoms with E-state index in [1.54, 1.807) is 12.3 Å². The zero-order valence-electron chi connectivity index (χ0n) is 10.5. The largest absolute Gasteiger partial charge is 0.388 e. The van der Waals surface area contributed by atoms with Gasteiger partial charge in [0.05, 0.1) is 5.60 Å². The van der Waals surface area contributed by atoms with Gasteiger partial charge in [0.15, 0.2) is 0 Å². The first-order chi connectivity index (χ1) is 8.63. The molecule has 1 aromatic heterocycles. The summed E-state index contributed by atoms with van der Waals surface area (Å²) in [4.78, 5) is 10.1. The van der Waals surface area contributed by atoms with E-state index < -0.39 is 5.60 Å². The van der Waals surface area contributed by atoms with Gasteiger partial charge in [-0.25, -0.2) is 10.8 Å². The molecule has 0 saturated carbocycles. The number of hydrazine groups is 1. The summed E-state index contributed by atoms with van der Waals surface area (Å²) in [6.07, 6.45) is 2.91. The fourth-order valence-corrected chi connectivity index (χ4v) is 2.06. The van der Waals surface area contributed by atoms with Crippen LogP contribution in [0.3, 0.4) is 0 Å². The van der Waals surface area contributed by atoms with E-state index in [-0.39, 0.29) is 0 Å². The molecule has 100 valence electrons. The molecule has 7 nitrogen and oxygen atoms in total. The number of hydrogen-bond acceptors (Lipinski definition) is 7. The fraction of sp³-hybridized carbons (Fsp3) is 0.636. The maximum atomic E-state index is 10.4. The van der Waals surface area contributed by atoms with E-state index in [2.05, 4.69) is 15.4 Å². The van der Waals surface area contributed by atoms with Gasteiger partial charge in [0, 0.05) is 45.8 Å². The van der Waals surface area contributed by atoms with Gasteiger partial charge < -0.3 is 14.7 Å². The summed E-state index contributed by atoms with van der Waals surface area (Å²) >= 11 is 0. The Bertz CT molecular complexity index is 395. The number of nitrogens with two attached hydrogens (primary N) is 1. The third-order valence-electron chi connectivity index (χ3n) is 3.12. The van der Waals surface area contributed by atoms with Crippen LogP contribution in [0.25, 0.3) is 0 Å². The molecule has 0 bridgehead atoms. The van der Waals surface area contributed by atoms with Crippen molar-refractivity contribution in [3.05, 3.63) is 12.3 Å². The molecule has 1 aliphatic rings. The molecule has 0 atom stereocenters. The molecule has 2 heterocycles. The second-order valence-electron chi connectivity index (χ2n) is 4.58. The number of nitrogen functional groups attached to an aromatic ring is 1. The molecule has 0 radical (unpaired) electrons. The molecule has 0 amide bonds. The van der Waals surface area contributed by atoms with Crippen LogP contribution in [0.5, 0.6) is 0 Å². The van der Waals surface area contributed by atoms with Gasteiger partial charge in [-0.2, -0.15) is 4.98 Å². The van der Waals surface area contributed by atoms with Gasteiger partial charge in [-0.15, -0.1) is 0 Å². The normalized spacial score (nSPS) is 18.4. The Kier molecular flexibility index (Phi) is 3.95. The molecule has 18 heavy (non-hydrogen) atoms. The molecule has 4 N–H and O–H groups in total. The second-order valence-corrected chi connectivity index (χ2v) is 4.58. The molecule has 0 aromatic carbocycles. The Hall–Kier alpha value is -1.44. The summed E-state index contributed by atoms with van der Waals surface area (Å²) in [6.45, 7) is 1.71. The van der Waals surface area contributed by atoms with Gasteiger partial charge >= 0.3 is 0 Å². The highest BCUT2D eigenvalue weighted by atomic mass is 16.5. The first kappa shape index (κ1) is 13.0. The summed E-state index contributed by atoms with van der Waals surface area (Å²) in [6, 6.07) is 1.78. The maximum Gasteiger partial charge on any atom is 0.239 e. The van der Waals surface area contributed by atoms with E-state index in [0.717, 1.165) is 5.82 Å². The lowest BCUT2D eigenvalue weighted by Crippen LogP contribution is -2.46. The standard InChI is InChI=1S/C11H19N5O2/c1-16(8-11(17)3-6-18-7-4-11)9-2-5-13-10(14-9)15-12/h2,5,17H,3-4,6-8,12H2,1H3,(H,13,14,15). The lowest BCUT2D eigenvalue weighted by Gasteiger charge is -2.35. The highest BCUT2D eigenvalue weighted by Crippen LogP contribution is 2.23. The minimum absolute atomic E-state index is 0.360. The number of rotatable bonds is 4.